The minimum Gasteiger partial charge on any atom is -0.396 e. The van der Waals surface area contributed by atoms with Gasteiger partial charge in [0.2, 0.25) is 0 Å². The molecule has 0 saturated heterocycles. The largest absolute Gasteiger partial charge is 0.430 e. The van der Waals surface area contributed by atoms with Gasteiger partial charge in [-0.15, -0.1) is 0 Å². The van der Waals surface area contributed by atoms with Crippen molar-refractivity contribution < 1.29 is 13.2 Å². The van der Waals surface area contributed by atoms with Crippen molar-refractivity contribution in [3.05, 3.63) is 23.3 Å². The maximum Gasteiger partial charge on any atom is 0.430 e. The molecule has 0 aromatic rings. The Morgan fingerprint density at radius 2 is 1.69 bits per heavy atom. The van der Waals surface area contributed by atoms with Crippen LogP contribution in [0.25, 0.3) is 0 Å². The lowest BCUT2D eigenvalue weighted by molar-refractivity contribution is -0.0927. The van der Waals surface area contributed by atoms with Gasteiger partial charge in [0.25, 0.3) is 0 Å². The molecule has 0 radical (unpaired) electrons. The maximum atomic E-state index is 11.8. The number of hydrogen-bond acceptors (Lipinski definition) is 4. The fourth-order valence-corrected chi connectivity index (χ4v) is 0.471. The zero-order valence-corrected chi connectivity index (χ0v) is 6.94. The lowest BCUT2D eigenvalue weighted by Gasteiger charge is -2.07. The van der Waals surface area contributed by atoms with Crippen LogP contribution in [0.4, 0.5) is 13.2 Å². The summed E-state index contributed by atoms with van der Waals surface area (Å²) in [6, 6.07) is 0. The van der Waals surface area contributed by atoms with Gasteiger partial charge in [0.15, 0.2) is 0 Å². The summed E-state index contributed by atoms with van der Waals surface area (Å²) in [5.74, 6) is -0.0628. The van der Waals surface area contributed by atoms with E-state index in [0.29, 0.717) is 6.08 Å². The summed E-state index contributed by atoms with van der Waals surface area (Å²) in [5, 5.41) is 2.39. The number of halogens is 3. The Balaban J connectivity index is 4.77. The molecule has 7 heteroatoms. The molecule has 0 aliphatic heterocycles. The molecule has 0 unspecified atom stereocenters. The molecule has 4 nitrogen and oxygen atoms in total. The molecule has 0 spiro atoms. The predicted octanol–water partition coefficient (Wildman–Crippen LogP) is -0.303. The van der Waals surface area contributed by atoms with Gasteiger partial charge in [-0.3, -0.25) is 0 Å². The molecule has 0 aromatic carbocycles. The van der Waals surface area contributed by atoms with Gasteiger partial charge in [0.1, 0.15) is 11.5 Å². The zero-order chi connectivity index (χ0) is 10.6. The van der Waals surface area contributed by atoms with E-state index < -0.39 is 11.9 Å². The lowest BCUT2D eigenvalue weighted by atomic mass is 10.3. The number of alkyl halides is 3. The van der Waals surface area contributed by atoms with Crippen molar-refractivity contribution in [1.29, 1.82) is 0 Å². The molecule has 0 rings (SSSR count). The summed E-state index contributed by atoms with van der Waals surface area (Å²) in [6.07, 6.45) is -4.02. The molecule has 0 heterocycles. The van der Waals surface area contributed by atoms with Gasteiger partial charge >= 0.3 is 6.18 Å². The van der Waals surface area contributed by atoms with Crippen LogP contribution in [0.3, 0.4) is 0 Å². The average Bonchev–Trinajstić information content (AvgIpc) is 2.01. The summed E-state index contributed by atoms with van der Waals surface area (Å²) in [4.78, 5) is 0. The van der Waals surface area contributed by atoms with Crippen LogP contribution in [0.1, 0.15) is 0 Å². The molecule has 0 saturated carbocycles. The van der Waals surface area contributed by atoms with Gasteiger partial charge in [-0.05, 0) is 6.08 Å². The first-order chi connectivity index (χ1) is 5.79. The summed E-state index contributed by atoms with van der Waals surface area (Å²) >= 11 is 0. The van der Waals surface area contributed by atoms with E-state index in [1.54, 1.807) is 0 Å². The van der Waals surface area contributed by atoms with E-state index in [9.17, 15) is 13.2 Å². The van der Waals surface area contributed by atoms with Crippen LogP contribution in [0.5, 0.6) is 0 Å². The molecule has 13 heavy (non-hydrogen) atoms. The summed E-state index contributed by atoms with van der Waals surface area (Å²) in [6.45, 7) is 0. The second-order valence-corrected chi connectivity index (χ2v) is 2.22. The highest BCUT2D eigenvalue weighted by atomic mass is 19.4. The molecule has 7 N–H and O–H groups in total. The Kier molecular flexibility index (Phi) is 3.46. The summed E-state index contributed by atoms with van der Waals surface area (Å²) in [5.41, 5.74) is 13.5. The second-order valence-electron chi connectivity index (χ2n) is 2.22. The first-order valence-corrected chi connectivity index (χ1v) is 3.26. The number of allylic oxidation sites excluding steroid dienone is 2. The fraction of sp³-hybridized carbons (Fsp3) is 0.333. The smallest absolute Gasteiger partial charge is 0.396 e. The highest BCUT2D eigenvalue weighted by Gasteiger charge is 2.31. The first-order valence-electron chi connectivity index (χ1n) is 3.26. The standard InChI is InChI=1S/C6H11F3N4/c1-13-5(12)3(10)2-4(11)6(7,8)9/h2,13H,10-12H2,1H3/b4-2-,5-3-. The van der Waals surface area contributed by atoms with Crippen LogP contribution in [0.15, 0.2) is 23.3 Å². The van der Waals surface area contributed by atoms with Crippen molar-refractivity contribution in [2.24, 2.45) is 17.2 Å². The molecular formula is C6H11F3N4. The fourth-order valence-electron chi connectivity index (χ4n) is 0.471. The molecule has 0 fully saturated rings. The summed E-state index contributed by atoms with van der Waals surface area (Å²) < 4.78 is 35.5. The van der Waals surface area contributed by atoms with E-state index in [0.717, 1.165) is 0 Å². The Morgan fingerprint density at radius 3 is 2.00 bits per heavy atom. The summed E-state index contributed by atoms with van der Waals surface area (Å²) in [7, 11) is 1.43. The highest BCUT2D eigenvalue weighted by Crippen LogP contribution is 2.21. The number of hydrogen-bond donors (Lipinski definition) is 4. The van der Waals surface area contributed by atoms with Gasteiger partial charge in [0, 0.05) is 7.05 Å². The maximum absolute atomic E-state index is 11.8. The Labute approximate surface area is 73.3 Å². The van der Waals surface area contributed by atoms with Crippen LogP contribution in [0, 0.1) is 0 Å². The quantitative estimate of drug-likeness (QED) is 0.456. The normalized spacial score (nSPS) is 15.2. The molecule has 0 amide bonds. The van der Waals surface area contributed by atoms with Crippen molar-refractivity contribution in [3.8, 4) is 0 Å². The van der Waals surface area contributed by atoms with Crippen LogP contribution in [-0.4, -0.2) is 13.2 Å². The number of rotatable bonds is 2. The number of nitrogens with one attached hydrogen (secondary N) is 1. The van der Waals surface area contributed by atoms with Gasteiger partial charge in [-0.1, -0.05) is 0 Å². The van der Waals surface area contributed by atoms with E-state index in [1.807, 2.05) is 0 Å². The third-order valence-electron chi connectivity index (χ3n) is 1.22. The van der Waals surface area contributed by atoms with E-state index in [1.165, 1.54) is 7.05 Å². The molecule has 0 aliphatic carbocycles. The SMILES string of the molecule is CN/C(N)=C(N)/C=C(\N)C(F)(F)F. The minimum absolute atomic E-state index is 0.0628. The monoisotopic (exact) mass is 196 g/mol. The highest BCUT2D eigenvalue weighted by molar-refractivity contribution is 5.24. The zero-order valence-electron chi connectivity index (χ0n) is 6.94. The van der Waals surface area contributed by atoms with Gasteiger partial charge < -0.3 is 22.5 Å². The van der Waals surface area contributed by atoms with Gasteiger partial charge in [-0.25, -0.2) is 0 Å². The third-order valence-corrected chi connectivity index (χ3v) is 1.22. The first kappa shape index (κ1) is 11.5. The van der Waals surface area contributed by atoms with Crippen LogP contribution >= 0.6 is 0 Å². The molecule has 0 aromatic heterocycles. The Bertz CT molecular complexity index is 241. The lowest BCUT2D eigenvalue weighted by Crippen LogP contribution is -2.24. The second kappa shape index (κ2) is 3.92. The molecule has 0 atom stereocenters. The molecule has 76 valence electrons. The van der Waals surface area contributed by atoms with E-state index in [4.69, 9.17) is 11.5 Å². The number of nitrogens with two attached hydrogens (primary N) is 3. The third kappa shape index (κ3) is 3.59. The van der Waals surface area contributed by atoms with Gasteiger partial charge in [0.05, 0.1) is 5.70 Å². The van der Waals surface area contributed by atoms with Crippen LogP contribution in [0.2, 0.25) is 0 Å². The Hall–Kier alpha value is -1.53. The molecule has 0 bridgehead atoms. The van der Waals surface area contributed by atoms with Crippen molar-refractivity contribution in [2.45, 2.75) is 6.18 Å². The average molecular weight is 196 g/mol. The van der Waals surface area contributed by atoms with Crippen molar-refractivity contribution in [1.82, 2.24) is 5.32 Å². The van der Waals surface area contributed by atoms with Crippen molar-refractivity contribution >= 4 is 0 Å². The van der Waals surface area contributed by atoms with E-state index >= 15 is 0 Å². The minimum atomic E-state index is -4.58. The van der Waals surface area contributed by atoms with E-state index in [-0.39, 0.29) is 11.5 Å². The predicted molar refractivity (Wildman–Crippen MR) is 42.8 cm³/mol. The van der Waals surface area contributed by atoms with E-state index in [2.05, 4.69) is 11.1 Å². The van der Waals surface area contributed by atoms with Crippen LogP contribution in [-0.2, 0) is 0 Å². The van der Waals surface area contributed by atoms with Crippen molar-refractivity contribution in [3.63, 3.8) is 0 Å². The van der Waals surface area contributed by atoms with Crippen molar-refractivity contribution in [2.75, 3.05) is 7.05 Å². The van der Waals surface area contributed by atoms with Gasteiger partial charge in [-0.2, -0.15) is 13.2 Å². The molecular weight excluding hydrogens is 185 g/mol. The Morgan fingerprint density at radius 1 is 1.23 bits per heavy atom. The van der Waals surface area contributed by atoms with Crippen LogP contribution < -0.4 is 22.5 Å². The topological polar surface area (TPSA) is 90.1 Å². The molecule has 0 aliphatic rings.